The third-order valence-electron chi connectivity index (χ3n) is 2.55. The molecule has 1 rings (SSSR count). The minimum atomic E-state index is -0.297. The molecular weight excluding hydrogens is 186 g/mol. The Bertz CT molecular complexity index is 294. The fraction of sp³-hybridized carbons (Fsp3) is 0.750. The van der Waals surface area contributed by atoms with Crippen molar-refractivity contribution < 1.29 is 0 Å². The van der Waals surface area contributed by atoms with Crippen molar-refractivity contribution in [2.45, 2.75) is 52.6 Å². The van der Waals surface area contributed by atoms with E-state index in [1.165, 1.54) is 12.8 Å². The third-order valence-corrected chi connectivity index (χ3v) is 2.55. The van der Waals surface area contributed by atoms with E-state index in [1.54, 1.807) is 0 Å². The van der Waals surface area contributed by atoms with Gasteiger partial charge in [-0.3, -0.25) is 0 Å². The number of hydrogen-bond donors (Lipinski definition) is 1. The summed E-state index contributed by atoms with van der Waals surface area (Å²) in [4.78, 5) is 4.17. The van der Waals surface area contributed by atoms with Crippen LogP contribution in [0.3, 0.4) is 0 Å². The summed E-state index contributed by atoms with van der Waals surface area (Å²) in [5.41, 5.74) is 6.89. The van der Waals surface area contributed by atoms with Gasteiger partial charge in [0.25, 0.3) is 0 Å². The molecule has 0 amide bonds. The Labute approximate surface area is 92.7 Å². The summed E-state index contributed by atoms with van der Waals surface area (Å²) >= 11 is 0. The van der Waals surface area contributed by atoms with Crippen LogP contribution >= 0.6 is 0 Å². The zero-order valence-electron chi connectivity index (χ0n) is 10.3. The molecular formula is C12H23N3. The fourth-order valence-electron chi connectivity index (χ4n) is 1.71. The Morgan fingerprint density at radius 1 is 1.47 bits per heavy atom. The maximum absolute atomic E-state index is 6.07. The zero-order chi connectivity index (χ0) is 11.5. The van der Waals surface area contributed by atoms with E-state index < -0.39 is 0 Å². The Morgan fingerprint density at radius 2 is 2.13 bits per heavy atom. The largest absolute Gasteiger partial charge is 0.333 e. The fourth-order valence-corrected chi connectivity index (χ4v) is 1.71. The molecule has 0 aromatic carbocycles. The Balaban J connectivity index is 2.58. The quantitative estimate of drug-likeness (QED) is 0.809. The van der Waals surface area contributed by atoms with Gasteiger partial charge in [0.2, 0.25) is 0 Å². The summed E-state index contributed by atoms with van der Waals surface area (Å²) in [6, 6.07) is 0. The van der Waals surface area contributed by atoms with Crippen molar-refractivity contribution >= 4 is 0 Å². The van der Waals surface area contributed by atoms with Crippen LogP contribution in [0.5, 0.6) is 0 Å². The van der Waals surface area contributed by atoms with Crippen LogP contribution in [0.1, 0.15) is 46.2 Å². The highest BCUT2D eigenvalue weighted by Crippen LogP contribution is 2.17. The van der Waals surface area contributed by atoms with E-state index >= 15 is 0 Å². The van der Waals surface area contributed by atoms with E-state index in [0.717, 1.165) is 18.2 Å². The molecule has 15 heavy (non-hydrogen) atoms. The number of nitrogens with two attached hydrogens (primary N) is 1. The second-order valence-corrected chi connectivity index (χ2v) is 5.23. The van der Waals surface area contributed by atoms with E-state index in [4.69, 9.17) is 5.73 Å². The molecule has 0 bridgehead atoms. The molecule has 0 aliphatic rings. The van der Waals surface area contributed by atoms with E-state index in [1.807, 2.05) is 26.4 Å². The molecule has 3 heteroatoms. The van der Waals surface area contributed by atoms with Gasteiger partial charge < -0.3 is 10.3 Å². The Hall–Kier alpha value is -0.830. The lowest BCUT2D eigenvalue weighted by Gasteiger charge is -2.20. The van der Waals surface area contributed by atoms with E-state index in [9.17, 15) is 0 Å². The smallest absolute Gasteiger partial charge is 0.0948 e. The van der Waals surface area contributed by atoms with Crippen molar-refractivity contribution in [3.63, 3.8) is 0 Å². The second-order valence-electron chi connectivity index (χ2n) is 5.23. The van der Waals surface area contributed by atoms with Gasteiger partial charge in [-0.15, -0.1) is 0 Å². The summed E-state index contributed by atoms with van der Waals surface area (Å²) in [6.07, 6.45) is 6.19. The first-order chi connectivity index (χ1) is 6.91. The van der Waals surface area contributed by atoms with Gasteiger partial charge in [-0.05, 0) is 32.6 Å². The van der Waals surface area contributed by atoms with E-state index in [-0.39, 0.29) is 5.54 Å². The van der Waals surface area contributed by atoms with Gasteiger partial charge in [-0.25, -0.2) is 4.98 Å². The molecule has 3 nitrogen and oxygen atoms in total. The lowest BCUT2D eigenvalue weighted by Crippen LogP contribution is -2.31. The van der Waals surface area contributed by atoms with Gasteiger partial charge in [0.15, 0.2) is 0 Å². The van der Waals surface area contributed by atoms with Crippen LogP contribution in [0.2, 0.25) is 0 Å². The first-order valence-electron chi connectivity index (χ1n) is 5.70. The molecule has 86 valence electrons. The molecule has 0 spiro atoms. The van der Waals surface area contributed by atoms with Crippen LogP contribution in [0.25, 0.3) is 0 Å². The van der Waals surface area contributed by atoms with Crippen LogP contribution in [0.15, 0.2) is 12.5 Å². The van der Waals surface area contributed by atoms with Gasteiger partial charge in [-0.1, -0.05) is 13.8 Å². The third kappa shape index (κ3) is 3.67. The van der Waals surface area contributed by atoms with Crippen LogP contribution in [0, 0.1) is 5.92 Å². The average molecular weight is 209 g/mol. The van der Waals surface area contributed by atoms with Gasteiger partial charge in [0, 0.05) is 12.7 Å². The van der Waals surface area contributed by atoms with Gasteiger partial charge >= 0.3 is 0 Å². The molecule has 0 saturated heterocycles. The van der Waals surface area contributed by atoms with Crippen molar-refractivity contribution in [3.8, 4) is 0 Å². The van der Waals surface area contributed by atoms with E-state index in [2.05, 4.69) is 23.4 Å². The minimum absolute atomic E-state index is 0.297. The Morgan fingerprint density at radius 3 is 2.67 bits per heavy atom. The van der Waals surface area contributed by atoms with Crippen LogP contribution in [0.4, 0.5) is 0 Å². The average Bonchev–Trinajstić information content (AvgIpc) is 2.50. The predicted molar refractivity (Wildman–Crippen MR) is 63.5 cm³/mol. The molecule has 1 aromatic heterocycles. The maximum Gasteiger partial charge on any atom is 0.0948 e. The Kier molecular flexibility index (Phi) is 3.91. The monoisotopic (exact) mass is 209 g/mol. The SMILES string of the molecule is CC(C)CCCn1cncc1C(C)(C)N. The molecule has 0 unspecified atom stereocenters. The molecule has 0 fully saturated rings. The van der Waals surface area contributed by atoms with Crippen LogP contribution < -0.4 is 5.73 Å². The van der Waals surface area contributed by atoms with Gasteiger partial charge in [-0.2, -0.15) is 0 Å². The number of rotatable bonds is 5. The highest BCUT2D eigenvalue weighted by molar-refractivity contribution is 5.09. The molecule has 0 saturated carbocycles. The summed E-state index contributed by atoms with van der Waals surface area (Å²) in [7, 11) is 0. The molecule has 0 aliphatic carbocycles. The summed E-state index contributed by atoms with van der Waals surface area (Å²) in [5.74, 6) is 0.767. The van der Waals surface area contributed by atoms with Crippen LogP contribution in [-0.2, 0) is 12.1 Å². The normalized spacial score (nSPS) is 12.4. The molecule has 0 radical (unpaired) electrons. The van der Waals surface area contributed by atoms with Gasteiger partial charge in [0.1, 0.15) is 0 Å². The van der Waals surface area contributed by atoms with Gasteiger partial charge in [0.05, 0.1) is 17.6 Å². The van der Waals surface area contributed by atoms with Crippen molar-refractivity contribution in [2.24, 2.45) is 11.7 Å². The number of imidazole rings is 1. The van der Waals surface area contributed by atoms with Crippen molar-refractivity contribution in [1.29, 1.82) is 0 Å². The lowest BCUT2D eigenvalue weighted by molar-refractivity contribution is 0.461. The number of aryl methyl sites for hydroxylation is 1. The summed E-state index contributed by atoms with van der Waals surface area (Å²) in [5, 5.41) is 0. The molecule has 0 atom stereocenters. The molecule has 0 aliphatic heterocycles. The molecule has 1 heterocycles. The first kappa shape index (κ1) is 12.2. The van der Waals surface area contributed by atoms with Crippen molar-refractivity contribution in [2.75, 3.05) is 0 Å². The van der Waals surface area contributed by atoms with Crippen LogP contribution in [-0.4, -0.2) is 9.55 Å². The predicted octanol–water partition coefficient (Wildman–Crippen LogP) is 2.51. The standard InChI is InChI=1S/C12H23N3/c1-10(2)6-5-7-15-9-14-8-11(15)12(3,4)13/h8-10H,5-7,13H2,1-4H3. The van der Waals surface area contributed by atoms with Crippen molar-refractivity contribution in [3.05, 3.63) is 18.2 Å². The minimum Gasteiger partial charge on any atom is -0.333 e. The van der Waals surface area contributed by atoms with E-state index in [0.29, 0.717) is 0 Å². The highest BCUT2D eigenvalue weighted by atomic mass is 15.1. The van der Waals surface area contributed by atoms with Crippen molar-refractivity contribution in [1.82, 2.24) is 9.55 Å². The maximum atomic E-state index is 6.07. The number of nitrogens with zero attached hydrogens (tertiary/aromatic N) is 2. The number of hydrogen-bond acceptors (Lipinski definition) is 2. The second kappa shape index (κ2) is 4.79. The lowest BCUT2D eigenvalue weighted by atomic mass is 10.0. The molecule has 1 aromatic rings. The first-order valence-corrected chi connectivity index (χ1v) is 5.70. The molecule has 2 N–H and O–H groups in total. The summed E-state index contributed by atoms with van der Waals surface area (Å²) in [6.45, 7) is 9.56. The topological polar surface area (TPSA) is 43.8 Å². The summed E-state index contributed by atoms with van der Waals surface area (Å²) < 4.78 is 2.17. The zero-order valence-corrected chi connectivity index (χ0v) is 10.3. The number of aromatic nitrogens is 2. The highest BCUT2D eigenvalue weighted by Gasteiger charge is 2.18.